The number of nitrogens with zero attached hydrogens (tertiary/aromatic N) is 3. The molecule has 2 fully saturated rings. The van der Waals surface area contributed by atoms with Gasteiger partial charge in [0.2, 0.25) is 5.91 Å². The van der Waals surface area contributed by atoms with Gasteiger partial charge in [0.25, 0.3) is 0 Å². The summed E-state index contributed by atoms with van der Waals surface area (Å²) in [6.45, 7) is 5.98. The second kappa shape index (κ2) is 10.3. The zero-order chi connectivity index (χ0) is 29.1. The molecule has 1 aliphatic heterocycles. The van der Waals surface area contributed by atoms with Crippen LogP contribution in [-0.4, -0.2) is 39.9 Å². The minimum absolute atomic E-state index is 0.0316. The largest absolute Gasteiger partial charge is 0.493 e. The van der Waals surface area contributed by atoms with Crippen molar-refractivity contribution in [2.75, 3.05) is 18.1 Å². The fraction of sp³-hybridized carbons (Fsp3) is 0.324. The van der Waals surface area contributed by atoms with Crippen LogP contribution in [0.3, 0.4) is 0 Å². The fourth-order valence-corrected chi connectivity index (χ4v) is 6.83. The number of anilines is 1. The van der Waals surface area contributed by atoms with Crippen LogP contribution in [0.2, 0.25) is 5.02 Å². The quantitative estimate of drug-likeness (QED) is 0.251. The number of rotatable bonds is 8. The summed E-state index contributed by atoms with van der Waals surface area (Å²) in [5, 5.41) is 14.6. The Bertz CT molecular complexity index is 1710. The van der Waals surface area contributed by atoms with Crippen molar-refractivity contribution < 1.29 is 19.4 Å². The van der Waals surface area contributed by atoms with Crippen LogP contribution in [0.4, 0.5) is 5.69 Å². The Labute approximate surface area is 249 Å². The van der Waals surface area contributed by atoms with Crippen molar-refractivity contribution in [3.8, 4) is 16.9 Å². The monoisotopic (exact) mass is 581 g/mol. The van der Waals surface area contributed by atoms with Gasteiger partial charge in [-0.2, -0.15) is 5.10 Å². The van der Waals surface area contributed by atoms with Crippen LogP contribution in [0.25, 0.3) is 11.1 Å². The molecule has 8 heteroatoms. The average Bonchev–Trinajstić information content (AvgIpc) is 3.85. The van der Waals surface area contributed by atoms with E-state index in [2.05, 4.69) is 24.2 Å². The SMILES string of the molecule is Cc1c(Cl)cccc1OCC1CC1C(=O)N1CC2C(C)C2c2c(-c3cnn(Cc4cccc(C(=O)O)c4)c3)cccc21. The van der Waals surface area contributed by atoms with Crippen molar-refractivity contribution in [1.29, 1.82) is 0 Å². The van der Waals surface area contributed by atoms with Crippen molar-refractivity contribution in [3.63, 3.8) is 0 Å². The van der Waals surface area contributed by atoms with Crippen LogP contribution in [0.15, 0.2) is 73.1 Å². The lowest BCUT2D eigenvalue weighted by molar-refractivity contribution is -0.120. The van der Waals surface area contributed by atoms with E-state index in [4.69, 9.17) is 16.3 Å². The zero-order valence-corrected chi connectivity index (χ0v) is 24.3. The standard InChI is InChI=1S/C34H32ClN3O4/c1-19-27-17-38(33(39)26-13-23(26)18-42-30-11-5-9-28(35)20(30)2)29-10-4-8-25(32(29)31(19)27)24-14-36-37(16-24)15-21-6-3-7-22(12-21)34(40)41/h3-12,14,16,19,23,26-27,31H,13,15,17-18H2,1-2H3,(H,40,41). The third-order valence-corrected chi connectivity index (χ3v) is 9.71. The van der Waals surface area contributed by atoms with Gasteiger partial charge in [0, 0.05) is 46.4 Å². The molecule has 0 radical (unpaired) electrons. The Hall–Kier alpha value is -4.10. The Morgan fingerprint density at radius 2 is 1.93 bits per heavy atom. The summed E-state index contributed by atoms with van der Waals surface area (Å²) in [6.07, 6.45) is 4.72. The predicted octanol–water partition coefficient (Wildman–Crippen LogP) is 6.67. The van der Waals surface area contributed by atoms with Gasteiger partial charge in [0.1, 0.15) is 5.75 Å². The van der Waals surface area contributed by atoms with Crippen molar-refractivity contribution in [2.24, 2.45) is 23.7 Å². The summed E-state index contributed by atoms with van der Waals surface area (Å²) in [6, 6.07) is 18.8. The minimum atomic E-state index is -0.942. The van der Waals surface area contributed by atoms with E-state index in [1.165, 1.54) is 5.56 Å². The minimum Gasteiger partial charge on any atom is -0.493 e. The summed E-state index contributed by atoms with van der Waals surface area (Å²) < 4.78 is 7.91. The topological polar surface area (TPSA) is 84.7 Å². The summed E-state index contributed by atoms with van der Waals surface area (Å²) in [7, 11) is 0. The first kappa shape index (κ1) is 26.8. The van der Waals surface area contributed by atoms with Crippen LogP contribution in [0, 0.1) is 30.6 Å². The third kappa shape index (κ3) is 4.75. The Morgan fingerprint density at radius 3 is 2.76 bits per heavy atom. The summed E-state index contributed by atoms with van der Waals surface area (Å²) >= 11 is 6.25. The van der Waals surface area contributed by atoms with Crippen LogP contribution in [0.1, 0.15) is 46.3 Å². The lowest BCUT2D eigenvalue weighted by Gasteiger charge is -2.31. The number of hydrogen-bond acceptors (Lipinski definition) is 4. The normalized spacial score (nSPS) is 23.6. The second-order valence-corrected chi connectivity index (χ2v) is 12.4. The highest BCUT2D eigenvalue weighted by Crippen LogP contribution is 2.62. The zero-order valence-electron chi connectivity index (χ0n) is 23.5. The first-order chi connectivity index (χ1) is 20.3. The molecule has 2 heterocycles. The highest BCUT2D eigenvalue weighted by Gasteiger charge is 2.56. The molecule has 214 valence electrons. The molecule has 1 aromatic heterocycles. The number of aromatic carboxylic acids is 1. The van der Waals surface area contributed by atoms with E-state index in [1.54, 1.807) is 18.2 Å². The number of fused-ring (bicyclic) bond motifs is 3. The number of benzene rings is 3. The number of carbonyl (C=O) groups is 2. The molecule has 5 atom stereocenters. The van der Waals surface area contributed by atoms with Gasteiger partial charge in [-0.05, 0) is 78.1 Å². The molecule has 4 aromatic rings. The molecule has 3 aliphatic rings. The Kier molecular flexibility index (Phi) is 6.58. The van der Waals surface area contributed by atoms with Gasteiger partial charge in [0.05, 0.1) is 24.9 Å². The summed E-state index contributed by atoms with van der Waals surface area (Å²) in [5.74, 6) is 1.60. The number of ether oxygens (including phenoxy) is 1. The fourth-order valence-electron chi connectivity index (χ4n) is 6.66. The molecular formula is C34H32ClN3O4. The van der Waals surface area contributed by atoms with Crippen molar-refractivity contribution in [2.45, 2.75) is 32.7 Å². The summed E-state index contributed by atoms with van der Waals surface area (Å²) in [4.78, 5) is 27.3. The van der Waals surface area contributed by atoms with E-state index in [0.717, 1.165) is 46.7 Å². The van der Waals surface area contributed by atoms with Crippen LogP contribution < -0.4 is 9.64 Å². The van der Waals surface area contributed by atoms with E-state index >= 15 is 0 Å². The van der Waals surface area contributed by atoms with Crippen LogP contribution in [-0.2, 0) is 11.3 Å². The predicted molar refractivity (Wildman–Crippen MR) is 161 cm³/mol. The van der Waals surface area contributed by atoms with Gasteiger partial charge < -0.3 is 14.7 Å². The molecule has 7 nitrogen and oxygen atoms in total. The molecule has 3 aromatic carbocycles. The van der Waals surface area contributed by atoms with E-state index in [0.29, 0.717) is 35.9 Å². The van der Waals surface area contributed by atoms with Gasteiger partial charge in [-0.15, -0.1) is 0 Å². The van der Waals surface area contributed by atoms with Gasteiger partial charge in [0.15, 0.2) is 0 Å². The van der Waals surface area contributed by atoms with Gasteiger partial charge in [-0.25, -0.2) is 4.79 Å². The van der Waals surface area contributed by atoms with Crippen molar-refractivity contribution in [3.05, 3.63) is 100 Å². The molecule has 2 aliphatic carbocycles. The summed E-state index contributed by atoms with van der Waals surface area (Å²) in [5.41, 5.74) is 6.43. The Morgan fingerprint density at radius 1 is 1.12 bits per heavy atom. The average molecular weight is 582 g/mol. The number of halogens is 1. The number of carbonyl (C=O) groups excluding carboxylic acids is 1. The third-order valence-electron chi connectivity index (χ3n) is 9.30. The molecule has 1 amide bonds. The molecule has 7 rings (SSSR count). The number of amides is 1. The molecule has 42 heavy (non-hydrogen) atoms. The van der Waals surface area contributed by atoms with Crippen molar-refractivity contribution in [1.82, 2.24) is 9.78 Å². The number of hydrogen-bond donors (Lipinski definition) is 1. The highest BCUT2D eigenvalue weighted by atomic mass is 35.5. The molecule has 2 saturated carbocycles. The maximum absolute atomic E-state index is 13.9. The smallest absolute Gasteiger partial charge is 0.335 e. The maximum atomic E-state index is 13.9. The molecule has 1 N–H and O–H groups in total. The molecule has 0 saturated heterocycles. The number of aromatic nitrogens is 2. The van der Waals surface area contributed by atoms with Crippen molar-refractivity contribution >= 4 is 29.2 Å². The van der Waals surface area contributed by atoms with Crippen LogP contribution in [0.5, 0.6) is 5.75 Å². The van der Waals surface area contributed by atoms with E-state index in [-0.39, 0.29) is 23.3 Å². The van der Waals surface area contributed by atoms with Gasteiger partial charge in [-0.3, -0.25) is 9.48 Å². The van der Waals surface area contributed by atoms with Gasteiger partial charge in [-0.1, -0.05) is 48.9 Å². The van der Waals surface area contributed by atoms with E-state index in [9.17, 15) is 14.7 Å². The first-order valence-electron chi connectivity index (χ1n) is 14.5. The molecule has 0 spiro atoms. The molecule has 5 unspecified atom stereocenters. The number of carboxylic acids is 1. The van der Waals surface area contributed by atoms with Gasteiger partial charge >= 0.3 is 5.97 Å². The first-order valence-corrected chi connectivity index (χ1v) is 14.8. The Balaban J connectivity index is 1.10. The maximum Gasteiger partial charge on any atom is 0.335 e. The van der Waals surface area contributed by atoms with E-state index in [1.807, 2.05) is 59.2 Å². The number of carboxylic acid groups (broad SMARTS) is 1. The lowest BCUT2D eigenvalue weighted by atomic mass is 9.92. The molecule has 0 bridgehead atoms. The second-order valence-electron chi connectivity index (χ2n) is 11.9. The molecular weight excluding hydrogens is 550 g/mol. The highest BCUT2D eigenvalue weighted by molar-refractivity contribution is 6.31. The van der Waals surface area contributed by atoms with Crippen LogP contribution >= 0.6 is 11.6 Å². The van der Waals surface area contributed by atoms with E-state index < -0.39 is 5.97 Å². The lowest BCUT2D eigenvalue weighted by Crippen LogP contribution is -2.37.